The van der Waals surface area contributed by atoms with Crippen LogP contribution in [0.2, 0.25) is 0 Å². The number of aliphatic carboxylic acids is 1. The number of hydrogen-bond donors (Lipinski definition) is 1. The van der Waals surface area contributed by atoms with Gasteiger partial charge in [0, 0.05) is 41.3 Å². The molecule has 0 bridgehead atoms. The Morgan fingerprint density at radius 3 is 2.61 bits per heavy atom. The van der Waals surface area contributed by atoms with Crippen LogP contribution in [0.1, 0.15) is 35.2 Å². The van der Waals surface area contributed by atoms with Crippen LogP contribution in [0.5, 0.6) is 0 Å². The summed E-state index contributed by atoms with van der Waals surface area (Å²) in [6, 6.07) is 9.83. The third-order valence-corrected chi connectivity index (χ3v) is 5.50. The number of benzene rings is 1. The fourth-order valence-corrected chi connectivity index (χ4v) is 3.81. The Bertz CT molecular complexity index is 854. The van der Waals surface area contributed by atoms with E-state index in [9.17, 15) is 19.5 Å². The summed E-state index contributed by atoms with van der Waals surface area (Å²) in [5, 5.41) is 9.41. The topological polar surface area (TPSA) is 87.6 Å². The van der Waals surface area contributed by atoms with Crippen LogP contribution < -0.4 is 0 Å². The molecule has 3 rings (SSSR count). The van der Waals surface area contributed by atoms with E-state index in [2.05, 4.69) is 20.9 Å². The zero-order chi connectivity index (χ0) is 20.1. The molecule has 2 heterocycles. The number of carboxylic acids is 1. The van der Waals surface area contributed by atoms with Crippen LogP contribution in [0, 0.1) is 5.92 Å². The Hall–Kier alpha value is -2.54. The van der Waals surface area contributed by atoms with Crippen molar-refractivity contribution in [3.63, 3.8) is 0 Å². The maximum absolute atomic E-state index is 13.2. The molecule has 6 nitrogen and oxygen atoms in total. The molecule has 1 aliphatic heterocycles. The summed E-state index contributed by atoms with van der Waals surface area (Å²) in [4.78, 5) is 42.9. The highest BCUT2D eigenvalue weighted by Crippen LogP contribution is 2.25. The largest absolute Gasteiger partial charge is 0.480 e. The summed E-state index contributed by atoms with van der Waals surface area (Å²) in [6.07, 6.45) is 4.79. The molecule has 1 aromatic carbocycles. The van der Waals surface area contributed by atoms with Crippen molar-refractivity contribution in [3.8, 4) is 0 Å². The van der Waals surface area contributed by atoms with E-state index in [1.807, 2.05) is 6.07 Å². The van der Waals surface area contributed by atoms with Crippen LogP contribution in [-0.4, -0.2) is 45.2 Å². The molecular formula is C21H21BrN2O4. The summed E-state index contributed by atoms with van der Waals surface area (Å²) >= 11 is 3.34. The predicted molar refractivity (Wildman–Crippen MR) is 107 cm³/mol. The van der Waals surface area contributed by atoms with Crippen molar-refractivity contribution in [2.75, 3.05) is 6.54 Å². The van der Waals surface area contributed by atoms with Gasteiger partial charge in [0.2, 0.25) is 5.91 Å². The predicted octanol–water partition coefficient (Wildman–Crippen LogP) is 3.35. The number of Topliss-reactive ketones (excluding diaryl/α,β-unsaturated/α-hetero) is 1. The number of hydrogen-bond acceptors (Lipinski definition) is 4. The Kier molecular flexibility index (Phi) is 6.57. The third kappa shape index (κ3) is 4.84. The third-order valence-electron chi connectivity index (χ3n) is 4.97. The lowest BCUT2D eigenvalue weighted by atomic mass is 9.91. The lowest BCUT2D eigenvalue weighted by Crippen LogP contribution is -2.44. The fraction of sp³-hybridized carbons (Fsp3) is 0.333. The first-order chi connectivity index (χ1) is 13.5. The molecule has 7 heteroatoms. The van der Waals surface area contributed by atoms with Crippen LogP contribution in [0.25, 0.3) is 0 Å². The maximum atomic E-state index is 13.2. The summed E-state index contributed by atoms with van der Waals surface area (Å²) in [6.45, 7) is 0.409. The van der Waals surface area contributed by atoms with Gasteiger partial charge in [0.15, 0.2) is 5.78 Å². The zero-order valence-corrected chi connectivity index (χ0v) is 16.8. The number of carboxylic acid groups (broad SMARTS) is 1. The minimum atomic E-state index is -0.995. The average Bonchev–Trinajstić information content (AvgIpc) is 3.18. The molecule has 1 amide bonds. The number of carbonyl (C=O) groups excluding carboxylic acids is 2. The van der Waals surface area contributed by atoms with E-state index in [1.165, 1.54) is 4.90 Å². The first kappa shape index (κ1) is 20.2. The van der Waals surface area contributed by atoms with E-state index in [4.69, 9.17) is 0 Å². The molecule has 0 unspecified atom stereocenters. The lowest BCUT2D eigenvalue weighted by Gasteiger charge is -2.26. The van der Waals surface area contributed by atoms with E-state index in [1.54, 1.807) is 42.7 Å². The van der Waals surface area contributed by atoms with Crippen molar-refractivity contribution < 1.29 is 19.5 Å². The van der Waals surface area contributed by atoms with Crippen LogP contribution in [0.15, 0.2) is 53.3 Å². The van der Waals surface area contributed by atoms with Crippen LogP contribution >= 0.6 is 15.9 Å². The van der Waals surface area contributed by atoms with E-state index in [0.29, 0.717) is 31.4 Å². The molecule has 146 valence electrons. The molecule has 1 saturated heterocycles. The number of nitrogens with zero attached hydrogens (tertiary/aromatic N) is 2. The zero-order valence-electron chi connectivity index (χ0n) is 15.3. The van der Waals surface area contributed by atoms with Crippen molar-refractivity contribution in [1.82, 2.24) is 9.88 Å². The van der Waals surface area contributed by atoms with E-state index in [-0.39, 0.29) is 18.1 Å². The van der Waals surface area contributed by atoms with E-state index in [0.717, 1.165) is 10.0 Å². The van der Waals surface area contributed by atoms with Gasteiger partial charge < -0.3 is 10.0 Å². The van der Waals surface area contributed by atoms with Crippen molar-refractivity contribution in [3.05, 3.63) is 64.4 Å². The van der Waals surface area contributed by atoms with E-state index >= 15 is 0 Å². The molecule has 0 saturated carbocycles. The second-order valence-electron chi connectivity index (χ2n) is 6.92. The van der Waals surface area contributed by atoms with Gasteiger partial charge in [-0.1, -0.05) is 34.1 Å². The highest BCUT2D eigenvalue weighted by molar-refractivity contribution is 9.10. The number of amides is 1. The SMILES string of the molecule is O=C(C[C@@H](Cc1cccnc1)C(=O)N1CCC[C@H]1C(=O)O)c1ccc(Br)cc1. The van der Waals surface area contributed by atoms with Crippen LogP contribution in [0.4, 0.5) is 0 Å². The first-order valence-electron chi connectivity index (χ1n) is 9.16. The van der Waals surface area contributed by atoms with Gasteiger partial charge in [-0.05, 0) is 43.0 Å². The monoisotopic (exact) mass is 444 g/mol. The van der Waals surface area contributed by atoms with Crippen molar-refractivity contribution in [1.29, 1.82) is 0 Å². The van der Waals surface area contributed by atoms with Gasteiger partial charge in [0.05, 0.1) is 0 Å². The number of likely N-dealkylation sites (tertiary alicyclic amines) is 1. The smallest absolute Gasteiger partial charge is 0.326 e. The van der Waals surface area contributed by atoms with Gasteiger partial charge >= 0.3 is 5.97 Å². The molecule has 2 atom stereocenters. The lowest BCUT2D eigenvalue weighted by molar-refractivity contribution is -0.149. The fourth-order valence-electron chi connectivity index (χ4n) is 3.55. The molecule has 1 aromatic heterocycles. The Morgan fingerprint density at radius 1 is 1.21 bits per heavy atom. The summed E-state index contributed by atoms with van der Waals surface area (Å²) in [5.41, 5.74) is 1.37. The average molecular weight is 445 g/mol. The maximum Gasteiger partial charge on any atom is 0.326 e. The molecule has 1 aliphatic rings. The summed E-state index contributed by atoms with van der Waals surface area (Å²) in [5.74, 6) is -2.04. The summed E-state index contributed by atoms with van der Waals surface area (Å²) < 4.78 is 0.869. The van der Waals surface area contributed by atoms with Gasteiger partial charge in [-0.3, -0.25) is 14.6 Å². The highest BCUT2D eigenvalue weighted by atomic mass is 79.9. The number of ketones is 1. The standard InChI is InChI=1S/C21H21BrN2O4/c22-17-7-5-15(6-8-17)19(25)12-16(11-14-3-1-9-23-13-14)20(26)24-10-2-4-18(24)21(27)28/h1,3,5-9,13,16,18H,2,4,10-12H2,(H,27,28)/t16-,18+/m1/s1. The molecule has 1 fully saturated rings. The molecule has 28 heavy (non-hydrogen) atoms. The quantitative estimate of drug-likeness (QED) is 0.661. The summed E-state index contributed by atoms with van der Waals surface area (Å²) in [7, 11) is 0. The second-order valence-corrected chi connectivity index (χ2v) is 7.84. The molecule has 0 radical (unpaired) electrons. The number of halogens is 1. The minimum absolute atomic E-state index is 0.0260. The number of rotatable bonds is 7. The van der Waals surface area contributed by atoms with Gasteiger partial charge in [-0.25, -0.2) is 4.79 Å². The molecule has 2 aromatic rings. The number of carbonyl (C=O) groups is 3. The number of aromatic nitrogens is 1. The highest BCUT2D eigenvalue weighted by Gasteiger charge is 2.37. The van der Waals surface area contributed by atoms with Crippen molar-refractivity contribution in [2.24, 2.45) is 5.92 Å². The van der Waals surface area contributed by atoms with Gasteiger partial charge in [-0.2, -0.15) is 0 Å². The van der Waals surface area contributed by atoms with Crippen molar-refractivity contribution >= 4 is 33.6 Å². The number of pyridine rings is 1. The first-order valence-corrected chi connectivity index (χ1v) is 9.96. The van der Waals surface area contributed by atoms with E-state index < -0.39 is 17.9 Å². The molecule has 0 aliphatic carbocycles. The van der Waals surface area contributed by atoms with Gasteiger partial charge in [-0.15, -0.1) is 0 Å². The minimum Gasteiger partial charge on any atom is -0.480 e. The normalized spacial score (nSPS) is 17.3. The van der Waals surface area contributed by atoms with Gasteiger partial charge in [0.1, 0.15) is 6.04 Å². The van der Waals surface area contributed by atoms with Crippen molar-refractivity contribution in [2.45, 2.75) is 31.7 Å². The second kappa shape index (κ2) is 9.10. The Balaban J connectivity index is 1.82. The Labute approximate surface area is 171 Å². The molecule has 1 N–H and O–H groups in total. The van der Waals surface area contributed by atoms with Crippen LogP contribution in [-0.2, 0) is 16.0 Å². The van der Waals surface area contributed by atoms with Crippen LogP contribution in [0.3, 0.4) is 0 Å². The van der Waals surface area contributed by atoms with Gasteiger partial charge in [0.25, 0.3) is 0 Å². The Morgan fingerprint density at radius 2 is 1.96 bits per heavy atom. The molecular weight excluding hydrogens is 424 g/mol. The molecule has 0 spiro atoms.